The molecule has 0 spiro atoms. The van der Waals surface area contributed by atoms with Crippen molar-refractivity contribution in [3.05, 3.63) is 50.9 Å². The predicted molar refractivity (Wildman–Crippen MR) is 89.7 cm³/mol. The van der Waals surface area contributed by atoms with E-state index in [1.807, 2.05) is 5.51 Å². The minimum atomic E-state index is 0.165. The summed E-state index contributed by atoms with van der Waals surface area (Å²) in [5, 5.41) is 5.69. The second kappa shape index (κ2) is 7.01. The minimum absolute atomic E-state index is 0.165. The average molecular weight is 367 g/mol. The number of aromatic nitrogens is 1. The van der Waals surface area contributed by atoms with Crippen molar-refractivity contribution in [2.45, 2.75) is 24.8 Å². The van der Waals surface area contributed by atoms with Gasteiger partial charge in [0.25, 0.3) is 0 Å². The number of halogens is 1. The predicted octanol–water partition coefficient (Wildman–Crippen LogP) is 3.74. The summed E-state index contributed by atoms with van der Waals surface area (Å²) in [6.07, 6.45) is 2.13. The highest BCUT2D eigenvalue weighted by molar-refractivity contribution is 9.10. The second-order valence-electron chi connectivity index (χ2n) is 5.49. The first-order valence-corrected chi connectivity index (χ1v) is 8.94. The minimum Gasteiger partial charge on any atom is -0.381 e. The summed E-state index contributed by atoms with van der Waals surface area (Å²) in [5.41, 5.74) is 4.57. The van der Waals surface area contributed by atoms with Crippen LogP contribution in [-0.2, 0) is 16.7 Å². The molecule has 1 N–H and O–H groups in total. The van der Waals surface area contributed by atoms with E-state index in [0.717, 1.165) is 49.3 Å². The number of benzene rings is 1. The Morgan fingerprint density at radius 3 is 2.90 bits per heavy atom. The van der Waals surface area contributed by atoms with Crippen molar-refractivity contribution in [3.8, 4) is 0 Å². The van der Waals surface area contributed by atoms with Crippen molar-refractivity contribution in [1.82, 2.24) is 10.3 Å². The van der Waals surface area contributed by atoms with Crippen LogP contribution in [0, 0.1) is 0 Å². The number of ether oxygens (including phenoxy) is 1. The number of hydrogen-bond acceptors (Lipinski definition) is 4. The summed E-state index contributed by atoms with van der Waals surface area (Å²) < 4.78 is 6.72. The molecule has 0 unspecified atom stereocenters. The van der Waals surface area contributed by atoms with Gasteiger partial charge in [-0.1, -0.05) is 28.1 Å². The van der Waals surface area contributed by atoms with Crippen molar-refractivity contribution < 1.29 is 4.74 Å². The third-order valence-electron chi connectivity index (χ3n) is 4.14. The molecule has 0 aliphatic carbocycles. The Morgan fingerprint density at radius 1 is 1.33 bits per heavy atom. The third kappa shape index (κ3) is 3.72. The van der Waals surface area contributed by atoms with E-state index < -0.39 is 0 Å². The zero-order chi connectivity index (χ0) is 14.5. The fourth-order valence-electron chi connectivity index (χ4n) is 2.90. The maximum atomic E-state index is 5.58. The SMILES string of the molecule is Brc1cccc(C2(CNCc3cscn3)CCOCC2)c1. The molecule has 0 bridgehead atoms. The Balaban J connectivity index is 1.73. The van der Waals surface area contributed by atoms with Crippen molar-refractivity contribution in [1.29, 1.82) is 0 Å². The molecular weight excluding hydrogens is 348 g/mol. The Labute approximate surface area is 137 Å². The van der Waals surface area contributed by atoms with Crippen molar-refractivity contribution in [2.24, 2.45) is 0 Å². The van der Waals surface area contributed by atoms with Gasteiger partial charge < -0.3 is 10.1 Å². The van der Waals surface area contributed by atoms with Crippen molar-refractivity contribution in [2.75, 3.05) is 19.8 Å². The fraction of sp³-hybridized carbons (Fsp3) is 0.438. The van der Waals surface area contributed by atoms with E-state index in [0.29, 0.717) is 0 Å². The van der Waals surface area contributed by atoms with Gasteiger partial charge in [0.1, 0.15) is 0 Å². The standard InChI is InChI=1S/C16H19BrN2OS/c17-14-3-1-2-13(8-14)16(4-6-20-7-5-16)11-18-9-15-10-21-12-19-15/h1-3,8,10,12,18H,4-7,9,11H2. The Bertz CT molecular complexity index is 567. The van der Waals surface area contributed by atoms with Crippen LogP contribution >= 0.6 is 27.3 Å². The van der Waals surface area contributed by atoms with Gasteiger partial charge in [0.2, 0.25) is 0 Å². The number of nitrogens with zero attached hydrogens (tertiary/aromatic N) is 1. The first kappa shape index (κ1) is 15.2. The zero-order valence-corrected chi connectivity index (χ0v) is 14.3. The van der Waals surface area contributed by atoms with Gasteiger partial charge in [0, 0.05) is 41.6 Å². The summed E-state index contributed by atoms with van der Waals surface area (Å²) in [6.45, 7) is 3.47. The van der Waals surface area contributed by atoms with Gasteiger partial charge in [0.05, 0.1) is 11.2 Å². The average Bonchev–Trinajstić information content (AvgIpc) is 3.02. The maximum Gasteiger partial charge on any atom is 0.0795 e. The molecule has 1 saturated heterocycles. The molecule has 112 valence electrons. The van der Waals surface area contributed by atoms with Gasteiger partial charge in [-0.05, 0) is 30.5 Å². The first-order valence-electron chi connectivity index (χ1n) is 7.20. The van der Waals surface area contributed by atoms with Gasteiger partial charge in [-0.15, -0.1) is 11.3 Å². The normalized spacial score (nSPS) is 17.8. The molecule has 2 aromatic rings. The van der Waals surface area contributed by atoms with Crippen LogP contribution in [0.2, 0.25) is 0 Å². The van der Waals surface area contributed by atoms with E-state index in [9.17, 15) is 0 Å². The zero-order valence-electron chi connectivity index (χ0n) is 11.8. The lowest BCUT2D eigenvalue weighted by atomic mass is 9.74. The molecule has 21 heavy (non-hydrogen) atoms. The van der Waals surface area contributed by atoms with Crippen molar-refractivity contribution >= 4 is 27.3 Å². The molecular formula is C16H19BrN2OS. The summed E-state index contributed by atoms with van der Waals surface area (Å²) in [5.74, 6) is 0. The molecule has 3 rings (SSSR count). The number of rotatable bonds is 5. The lowest BCUT2D eigenvalue weighted by Crippen LogP contribution is -2.42. The van der Waals surface area contributed by atoms with Crippen LogP contribution in [0.1, 0.15) is 24.1 Å². The fourth-order valence-corrected chi connectivity index (χ4v) is 3.86. The van der Waals surface area contributed by atoms with E-state index in [2.05, 4.69) is 55.9 Å². The van der Waals surface area contributed by atoms with Gasteiger partial charge in [-0.3, -0.25) is 0 Å². The molecule has 1 aromatic heterocycles. The van der Waals surface area contributed by atoms with Crippen LogP contribution < -0.4 is 5.32 Å². The molecule has 2 heterocycles. The van der Waals surface area contributed by atoms with Crippen molar-refractivity contribution in [3.63, 3.8) is 0 Å². The molecule has 1 aliphatic rings. The van der Waals surface area contributed by atoms with Crippen LogP contribution in [0.3, 0.4) is 0 Å². The van der Waals surface area contributed by atoms with Gasteiger partial charge in [-0.2, -0.15) is 0 Å². The molecule has 3 nitrogen and oxygen atoms in total. The Morgan fingerprint density at radius 2 is 2.19 bits per heavy atom. The molecule has 0 saturated carbocycles. The topological polar surface area (TPSA) is 34.2 Å². The molecule has 0 atom stereocenters. The first-order chi connectivity index (χ1) is 10.3. The van der Waals surface area contributed by atoms with Crippen LogP contribution in [-0.4, -0.2) is 24.7 Å². The third-order valence-corrected chi connectivity index (χ3v) is 5.27. The highest BCUT2D eigenvalue weighted by atomic mass is 79.9. The van der Waals surface area contributed by atoms with E-state index in [4.69, 9.17) is 4.74 Å². The molecule has 0 amide bonds. The van der Waals surface area contributed by atoms with E-state index in [-0.39, 0.29) is 5.41 Å². The highest BCUT2D eigenvalue weighted by Gasteiger charge is 2.34. The van der Waals surface area contributed by atoms with Crippen LogP contribution in [0.15, 0.2) is 39.6 Å². The van der Waals surface area contributed by atoms with Crippen LogP contribution in [0.5, 0.6) is 0 Å². The lowest BCUT2D eigenvalue weighted by molar-refractivity contribution is 0.0497. The molecule has 0 radical (unpaired) electrons. The monoisotopic (exact) mass is 366 g/mol. The van der Waals surface area contributed by atoms with Gasteiger partial charge in [-0.25, -0.2) is 4.98 Å². The largest absolute Gasteiger partial charge is 0.381 e. The maximum absolute atomic E-state index is 5.58. The molecule has 1 aromatic carbocycles. The number of thiazole rings is 1. The lowest BCUT2D eigenvalue weighted by Gasteiger charge is -2.38. The molecule has 5 heteroatoms. The van der Waals surface area contributed by atoms with E-state index in [1.165, 1.54) is 5.56 Å². The van der Waals surface area contributed by atoms with Gasteiger partial charge >= 0.3 is 0 Å². The number of hydrogen-bond donors (Lipinski definition) is 1. The second-order valence-corrected chi connectivity index (χ2v) is 7.12. The molecule has 1 fully saturated rings. The Hall–Kier alpha value is -0.750. The summed E-state index contributed by atoms with van der Waals surface area (Å²) >= 11 is 5.24. The van der Waals surface area contributed by atoms with Gasteiger partial charge in [0.15, 0.2) is 0 Å². The summed E-state index contributed by atoms with van der Waals surface area (Å²) in [4.78, 5) is 4.33. The highest BCUT2D eigenvalue weighted by Crippen LogP contribution is 2.35. The van der Waals surface area contributed by atoms with E-state index in [1.54, 1.807) is 11.3 Å². The summed E-state index contributed by atoms with van der Waals surface area (Å²) in [7, 11) is 0. The van der Waals surface area contributed by atoms with Crippen LogP contribution in [0.4, 0.5) is 0 Å². The number of nitrogens with one attached hydrogen (secondary N) is 1. The smallest absolute Gasteiger partial charge is 0.0795 e. The van der Waals surface area contributed by atoms with Crippen LogP contribution in [0.25, 0.3) is 0 Å². The van der Waals surface area contributed by atoms with E-state index >= 15 is 0 Å². The quantitative estimate of drug-likeness (QED) is 0.874. The summed E-state index contributed by atoms with van der Waals surface area (Å²) in [6, 6.07) is 8.69. The Kier molecular flexibility index (Phi) is 5.06. The molecule has 1 aliphatic heterocycles.